The fourth-order valence-electron chi connectivity index (χ4n) is 3.29. The maximum atomic E-state index is 5.47. The smallest absolute Gasteiger partial charge is 0.193 e. The summed E-state index contributed by atoms with van der Waals surface area (Å²) in [5.74, 6) is 1.89. The highest BCUT2D eigenvalue weighted by molar-refractivity contribution is 5.80. The molecule has 2 aliphatic heterocycles. The first-order valence-corrected chi connectivity index (χ1v) is 9.05. The Morgan fingerprint density at radius 2 is 2.05 bits per heavy atom. The largest absolute Gasteiger partial charge is 0.379 e. The van der Waals surface area contributed by atoms with Gasteiger partial charge in [-0.3, -0.25) is 9.89 Å². The van der Waals surface area contributed by atoms with E-state index >= 15 is 0 Å². The van der Waals surface area contributed by atoms with Crippen molar-refractivity contribution < 1.29 is 4.74 Å². The summed E-state index contributed by atoms with van der Waals surface area (Å²) in [7, 11) is 0. The number of guanidine groups is 1. The quantitative estimate of drug-likeness (QED) is 0.461. The summed E-state index contributed by atoms with van der Waals surface area (Å²) < 4.78 is 5.47. The predicted octanol–water partition coefficient (Wildman–Crippen LogP) is 1.79. The molecule has 0 bridgehead atoms. The Morgan fingerprint density at radius 1 is 1.27 bits per heavy atom. The van der Waals surface area contributed by atoms with Crippen LogP contribution in [-0.4, -0.2) is 74.3 Å². The van der Waals surface area contributed by atoms with Crippen LogP contribution in [-0.2, 0) is 4.74 Å². The minimum Gasteiger partial charge on any atom is -0.379 e. The fourth-order valence-corrected chi connectivity index (χ4v) is 3.29. The van der Waals surface area contributed by atoms with Gasteiger partial charge in [-0.1, -0.05) is 13.8 Å². The van der Waals surface area contributed by atoms with Gasteiger partial charge >= 0.3 is 0 Å². The molecule has 0 aromatic carbocycles. The molecule has 1 unspecified atom stereocenters. The first kappa shape index (κ1) is 17.5. The van der Waals surface area contributed by atoms with E-state index in [9.17, 15) is 0 Å². The van der Waals surface area contributed by atoms with Crippen LogP contribution in [0.15, 0.2) is 4.99 Å². The number of hydrogen-bond donors (Lipinski definition) is 1. The van der Waals surface area contributed by atoms with Crippen molar-refractivity contribution >= 4 is 5.96 Å². The van der Waals surface area contributed by atoms with Crippen LogP contribution >= 0.6 is 0 Å². The molecule has 2 aliphatic rings. The molecule has 128 valence electrons. The van der Waals surface area contributed by atoms with Crippen molar-refractivity contribution in [3.63, 3.8) is 0 Å². The lowest BCUT2D eigenvalue weighted by Gasteiger charge is -2.32. The molecule has 1 N–H and O–H groups in total. The average molecular weight is 310 g/mol. The van der Waals surface area contributed by atoms with E-state index in [2.05, 4.69) is 35.9 Å². The Morgan fingerprint density at radius 3 is 2.73 bits per heavy atom. The number of likely N-dealkylation sites (tertiary alicyclic amines) is 1. The minimum absolute atomic E-state index is 0.670. The number of rotatable bonds is 6. The third-order valence-electron chi connectivity index (χ3n) is 4.56. The molecule has 1 atom stereocenters. The van der Waals surface area contributed by atoms with Crippen molar-refractivity contribution in [2.24, 2.45) is 10.9 Å². The minimum atomic E-state index is 0.670. The number of hydrogen-bond acceptors (Lipinski definition) is 3. The molecule has 0 aromatic rings. The zero-order valence-electron chi connectivity index (χ0n) is 14.7. The van der Waals surface area contributed by atoms with E-state index in [1.54, 1.807) is 0 Å². The predicted molar refractivity (Wildman–Crippen MR) is 92.4 cm³/mol. The second kappa shape index (κ2) is 9.36. The average Bonchev–Trinajstić information content (AvgIpc) is 3.01. The van der Waals surface area contributed by atoms with Crippen molar-refractivity contribution in [3.8, 4) is 0 Å². The van der Waals surface area contributed by atoms with E-state index in [0.29, 0.717) is 6.04 Å². The number of nitrogens with one attached hydrogen (secondary N) is 1. The maximum absolute atomic E-state index is 5.47. The van der Waals surface area contributed by atoms with Crippen LogP contribution in [0.3, 0.4) is 0 Å². The molecule has 2 fully saturated rings. The molecule has 0 radical (unpaired) electrons. The van der Waals surface area contributed by atoms with Gasteiger partial charge in [-0.2, -0.15) is 0 Å². The first-order valence-electron chi connectivity index (χ1n) is 9.05. The third kappa shape index (κ3) is 5.43. The second-order valence-corrected chi connectivity index (χ2v) is 6.81. The molecular formula is C17H34N4O. The summed E-state index contributed by atoms with van der Waals surface area (Å²) in [5.41, 5.74) is 0. The summed E-state index contributed by atoms with van der Waals surface area (Å²) in [6, 6.07) is 0.670. The highest BCUT2D eigenvalue weighted by atomic mass is 16.5. The molecule has 2 rings (SSSR count). The lowest BCUT2D eigenvalue weighted by Crippen LogP contribution is -2.46. The fraction of sp³-hybridized carbons (Fsp3) is 0.941. The van der Waals surface area contributed by atoms with Crippen molar-refractivity contribution in [2.45, 2.75) is 46.1 Å². The monoisotopic (exact) mass is 310 g/mol. The number of morpholine rings is 1. The van der Waals surface area contributed by atoms with E-state index in [0.717, 1.165) is 64.4 Å². The Kier molecular flexibility index (Phi) is 7.46. The molecule has 5 heteroatoms. The van der Waals surface area contributed by atoms with Gasteiger partial charge in [0, 0.05) is 45.3 Å². The highest BCUT2D eigenvalue weighted by Gasteiger charge is 2.30. The summed E-state index contributed by atoms with van der Waals surface area (Å²) >= 11 is 0. The normalized spacial score (nSPS) is 24.3. The lowest BCUT2D eigenvalue weighted by molar-refractivity contribution is 0.0195. The van der Waals surface area contributed by atoms with E-state index in [4.69, 9.17) is 9.73 Å². The summed E-state index contributed by atoms with van der Waals surface area (Å²) in [6.07, 6.45) is 3.70. The van der Waals surface area contributed by atoms with E-state index in [1.807, 2.05) is 0 Å². The first-order chi connectivity index (χ1) is 10.7. The Hall–Kier alpha value is -0.810. The molecule has 5 nitrogen and oxygen atoms in total. The van der Waals surface area contributed by atoms with E-state index < -0.39 is 0 Å². The van der Waals surface area contributed by atoms with Gasteiger partial charge in [-0.15, -0.1) is 0 Å². The van der Waals surface area contributed by atoms with Crippen LogP contribution in [0.4, 0.5) is 0 Å². The van der Waals surface area contributed by atoms with Crippen LogP contribution in [0.1, 0.15) is 40.0 Å². The van der Waals surface area contributed by atoms with Crippen molar-refractivity contribution in [2.75, 3.05) is 52.5 Å². The lowest BCUT2D eigenvalue weighted by atomic mass is 10.1. The Bertz CT molecular complexity index is 340. The molecule has 2 saturated heterocycles. The van der Waals surface area contributed by atoms with Crippen LogP contribution in [0.25, 0.3) is 0 Å². The standard InChI is InChI=1S/C17H34N4O/c1-4-18-17(19-8-5-6-15(2)3)21-9-7-16(14-21)20-10-12-22-13-11-20/h15-16H,4-14H2,1-3H3,(H,18,19). The van der Waals surface area contributed by atoms with Crippen LogP contribution in [0.5, 0.6) is 0 Å². The van der Waals surface area contributed by atoms with E-state index in [-0.39, 0.29) is 0 Å². The van der Waals surface area contributed by atoms with Crippen molar-refractivity contribution in [3.05, 3.63) is 0 Å². The topological polar surface area (TPSA) is 40.1 Å². The van der Waals surface area contributed by atoms with Gasteiger partial charge in [0.1, 0.15) is 0 Å². The molecule has 0 aliphatic carbocycles. The van der Waals surface area contributed by atoms with E-state index in [1.165, 1.54) is 19.3 Å². The SMILES string of the molecule is CCNC(=NCCCC(C)C)N1CCC(N2CCOCC2)C1. The molecule has 0 aromatic heterocycles. The molecule has 22 heavy (non-hydrogen) atoms. The van der Waals surface area contributed by atoms with Crippen molar-refractivity contribution in [1.82, 2.24) is 15.1 Å². The van der Waals surface area contributed by atoms with Crippen LogP contribution < -0.4 is 5.32 Å². The van der Waals surface area contributed by atoms with Gasteiger partial charge in [0.15, 0.2) is 5.96 Å². The van der Waals surface area contributed by atoms with Crippen LogP contribution in [0, 0.1) is 5.92 Å². The van der Waals surface area contributed by atoms with Gasteiger partial charge < -0.3 is 15.0 Å². The van der Waals surface area contributed by atoms with Gasteiger partial charge in [-0.05, 0) is 32.1 Å². The maximum Gasteiger partial charge on any atom is 0.193 e. The summed E-state index contributed by atoms with van der Waals surface area (Å²) in [6.45, 7) is 14.8. The zero-order valence-corrected chi connectivity index (χ0v) is 14.7. The van der Waals surface area contributed by atoms with Gasteiger partial charge in [0.25, 0.3) is 0 Å². The molecular weight excluding hydrogens is 276 g/mol. The Labute approximate surface area is 136 Å². The second-order valence-electron chi connectivity index (χ2n) is 6.81. The number of nitrogens with zero attached hydrogens (tertiary/aromatic N) is 3. The third-order valence-corrected chi connectivity index (χ3v) is 4.56. The van der Waals surface area contributed by atoms with Crippen LogP contribution in [0.2, 0.25) is 0 Å². The molecule has 0 amide bonds. The van der Waals surface area contributed by atoms with Gasteiger partial charge in [0.05, 0.1) is 13.2 Å². The van der Waals surface area contributed by atoms with Gasteiger partial charge in [0.2, 0.25) is 0 Å². The molecule has 0 saturated carbocycles. The Balaban J connectivity index is 1.82. The summed E-state index contributed by atoms with van der Waals surface area (Å²) in [5, 5.41) is 3.47. The zero-order chi connectivity index (χ0) is 15.8. The number of ether oxygens (including phenoxy) is 1. The van der Waals surface area contributed by atoms with Gasteiger partial charge in [-0.25, -0.2) is 0 Å². The number of aliphatic imine (C=N–C) groups is 1. The molecule has 0 spiro atoms. The van der Waals surface area contributed by atoms with Crippen molar-refractivity contribution in [1.29, 1.82) is 0 Å². The highest BCUT2D eigenvalue weighted by Crippen LogP contribution is 2.17. The molecule has 2 heterocycles. The summed E-state index contributed by atoms with van der Waals surface area (Å²) in [4.78, 5) is 9.87.